The number of hydrogen-bond acceptors (Lipinski definition) is 3. The van der Waals surface area contributed by atoms with E-state index < -0.39 is 0 Å². The summed E-state index contributed by atoms with van der Waals surface area (Å²) < 4.78 is 0. The van der Waals surface area contributed by atoms with E-state index in [9.17, 15) is 4.79 Å². The summed E-state index contributed by atoms with van der Waals surface area (Å²) in [5.41, 5.74) is 8.11. The summed E-state index contributed by atoms with van der Waals surface area (Å²) in [5.74, 6) is -0.104. The van der Waals surface area contributed by atoms with E-state index in [1.165, 1.54) is 0 Å². The molecule has 1 atom stereocenters. The highest BCUT2D eigenvalue weighted by Gasteiger charge is 2.23. The van der Waals surface area contributed by atoms with E-state index in [4.69, 9.17) is 10.6 Å². The van der Waals surface area contributed by atoms with Gasteiger partial charge in [0.1, 0.15) is 0 Å². The van der Waals surface area contributed by atoms with Crippen molar-refractivity contribution < 1.29 is 9.63 Å². The molecular weight excluding hydrogens is 204 g/mol. The molecule has 0 radical (unpaired) electrons. The number of amides is 1. The molecule has 0 aromatic carbocycles. The predicted octanol–water partition coefficient (Wildman–Crippen LogP) is 1.14. The lowest BCUT2D eigenvalue weighted by atomic mass is 10.1. The first-order valence-electron chi connectivity index (χ1n) is 4.92. The van der Waals surface area contributed by atoms with Gasteiger partial charge in [0.25, 0.3) is 0 Å². The molecule has 4 nitrogen and oxygen atoms in total. The van der Waals surface area contributed by atoms with Gasteiger partial charge in [0.15, 0.2) is 0 Å². The van der Waals surface area contributed by atoms with Crippen molar-refractivity contribution in [2.75, 3.05) is 0 Å². The van der Waals surface area contributed by atoms with Gasteiger partial charge in [-0.2, -0.15) is 0 Å². The zero-order valence-corrected chi connectivity index (χ0v) is 9.31. The molecule has 3 N–H and O–H groups in total. The first kappa shape index (κ1) is 13.7. The number of nitrogens with one attached hydrogen (secondary N) is 1. The highest BCUT2D eigenvalue weighted by molar-refractivity contribution is 5.85. The summed E-state index contributed by atoms with van der Waals surface area (Å²) in [6.07, 6.45) is 4.63. The molecule has 0 spiro atoms. The number of carbonyl (C=O) groups excluding carboxylic acids is 1. The van der Waals surface area contributed by atoms with Gasteiger partial charge in [0.05, 0.1) is 6.10 Å². The van der Waals surface area contributed by atoms with E-state index in [2.05, 4.69) is 12.4 Å². The Morgan fingerprint density at radius 3 is 2.79 bits per heavy atom. The fraction of sp³-hybridized carbons (Fsp3) is 0.889. The van der Waals surface area contributed by atoms with E-state index in [1.807, 2.05) is 0 Å². The average molecular weight is 223 g/mol. The van der Waals surface area contributed by atoms with Crippen LogP contribution < -0.4 is 11.2 Å². The van der Waals surface area contributed by atoms with Gasteiger partial charge in [0, 0.05) is 12.5 Å². The zero-order chi connectivity index (χ0) is 9.68. The highest BCUT2D eigenvalue weighted by Crippen LogP contribution is 2.21. The molecule has 0 heterocycles. The van der Waals surface area contributed by atoms with Crippen molar-refractivity contribution in [2.45, 2.75) is 51.2 Å². The number of carbonyl (C=O) groups is 1. The summed E-state index contributed by atoms with van der Waals surface area (Å²) in [7, 11) is 0. The third-order valence-electron chi connectivity index (χ3n) is 1.97. The van der Waals surface area contributed by atoms with E-state index in [0.29, 0.717) is 6.42 Å². The van der Waals surface area contributed by atoms with Gasteiger partial charge in [0.2, 0.25) is 5.91 Å². The lowest BCUT2D eigenvalue weighted by molar-refractivity contribution is -0.135. The minimum absolute atomic E-state index is 0. The molecule has 0 aromatic rings. The Morgan fingerprint density at radius 1 is 1.64 bits per heavy atom. The van der Waals surface area contributed by atoms with Crippen LogP contribution in [0.4, 0.5) is 0 Å². The van der Waals surface area contributed by atoms with Crippen LogP contribution in [-0.4, -0.2) is 18.1 Å². The maximum atomic E-state index is 11.1. The maximum Gasteiger partial charge on any atom is 0.245 e. The molecular formula is C9H19ClN2O2. The van der Waals surface area contributed by atoms with Crippen molar-refractivity contribution in [1.29, 1.82) is 0 Å². The monoisotopic (exact) mass is 222 g/mol. The van der Waals surface area contributed by atoms with Crippen LogP contribution in [0.3, 0.4) is 0 Å². The predicted molar refractivity (Wildman–Crippen MR) is 57.0 cm³/mol. The SMILES string of the molecule is CCC[C@H](N)CC(=O)NOC1CC1.Cl. The number of hydrogen-bond donors (Lipinski definition) is 2. The normalized spacial score (nSPS) is 17.0. The standard InChI is InChI=1S/C9H18N2O2.ClH/c1-2-3-7(10)6-9(12)11-13-8-4-5-8;/h7-8H,2-6,10H2,1H3,(H,11,12);1H/t7-;/m0./s1. The van der Waals surface area contributed by atoms with Gasteiger partial charge in [-0.05, 0) is 19.3 Å². The van der Waals surface area contributed by atoms with Crippen molar-refractivity contribution in [3.05, 3.63) is 0 Å². The number of hydroxylamine groups is 1. The van der Waals surface area contributed by atoms with Gasteiger partial charge in [-0.25, -0.2) is 5.48 Å². The molecule has 1 rings (SSSR count). The molecule has 5 heteroatoms. The quantitative estimate of drug-likeness (QED) is 0.663. The average Bonchev–Trinajstić information content (AvgIpc) is 2.84. The molecule has 0 aromatic heterocycles. The maximum absolute atomic E-state index is 11.1. The Hall–Kier alpha value is -0.320. The van der Waals surface area contributed by atoms with Crippen LogP contribution in [0.25, 0.3) is 0 Å². The minimum atomic E-state index is -0.104. The van der Waals surface area contributed by atoms with Crippen molar-refractivity contribution in [2.24, 2.45) is 5.73 Å². The molecule has 0 aliphatic heterocycles. The van der Waals surface area contributed by atoms with Crippen LogP contribution in [-0.2, 0) is 9.63 Å². The van der Waals surface area contributed by atoms with Crippen molar-refractivity contribution >= 4 is 18.3 Å². The summed E-state index contributed by atoms with van der Waals surface area (Å²) in [4.78, 5) is 16.2. The Balaban J connectivity index is 0.00000169. The molecule has 84 valence electrons. The second-order valence-electron chi connectivity index (χ2n) is 3.60. The molecule has 0 bridgehead atoms. The van der Waals surface area contributed by atoms with Gasteiger partial charge in [-0.15, -0.1) is 12.4 Å². The van der Waals surface area contributed by atoms with Gasteiger partial charge in [-0.1, -0.05) is 13.3 Å². The molecule has 1 aliphatic carbocycles. The summed E-state index contributed by atoms with van der Waals surface area (Å²) >= 11 is 0. The third kappa shape index (κ3) is 6.18. The van der Waals surface area contributed by atoms with Crippen LogP contribution in [0.2, 0.25) is 0 Å². The summed E-state index contributed by atoms with van der Waals surface area (Å²) in [6.45, 7) is 2.05. The molecule has 1 fully saturated rings. The van der Waals surface area contributed by atoms with Gasteiger partial charge < -0.3 is 5.73 Å². The largest absolute Gasteiger partial charge is 0.327 e. The summed E-state index contributed by atoms with van der Waals surface area (Å²) in [5, 5.41) is 0. The van der Waals surface area contributed by atoms with E-state index in [0.717, 1.165) is 25.7 Å². The van der Waals surface area contributed by atoms with Crippen LogP contribution in [0.15, 0.2) is 0 Å². The Kier molecular flexibility index (Phi) is 6.87. The van der Waals surface area contributed by atoms with Crippen LogP contribution in [0, 0.1) is 0 Å². The van der Waals surface area contributed by atoms with E-state index >= 15 is 0 Å². The Morgan fingerprint density at radius 2 is 2.29 bits per heavy atom. The lowest BCUT2D eigenvalue weighted by Crippen LogP contribution is -2.32. The van der Waals surface area contributed by atoms with Crippen LogP contribution in [0.1, 0.15) is 39.0 Å². The minimum Gasteiger partial charge on any atom is -0.327 e. The fourth-order valence-electron chi connectivity index (χ4n) is 1.09. The topological polar surface area (TPSA) is 64.4 Å². The number of halogens is 1. The van der Waals surface area contributed by atoms with E-state index in [1.54, 1.807) is 0 Å². The van der Waals surface area contributed by atoms with Crippen molar-refractivity contribution in [3.8, 4) is 0 Å². The molecule has 1 saturated carbocycles. The van der Waals surface area contributed by atoms with E-state index in [-0.39, 0.29) is 30.5 Å². The number of rotatable bonds is 6. The van der Waals surface area contributed by atoms with Crippen LogP contribution in [0.5, 0.6) is 0 Å². The Bertz CT molecular complexity index is 174. The third-order valence-corrected chi connectivity index (χ3v) is 1.97. The van der Waals surface area contributed by atoms with Crippen LogP contribution >= 0.6 is 12.4 Å². The smallest absolute Gasteiger partial charge is 0.245 e. The molecule has 0 saturated heterocycles. The molecule has 14 heavy (non-hydrogen) atoms. The molecule has 0 unspecified atom stereocenters. The second kappa shape index (κ2) is 7.04. The highest BCUT2D eigenvalue weighted by atomic mass is 35.5. The zero-order valence-electron chi connectivity index (χ0n) is 8.49. The summed E-state index contributed by atoms with van der Waals surface area (Å²) in [6, 6.07) is -0.0344. The molecule has 1 aliphatic rings. The first-order chi connectivity index (χ1) is 6.22. The Labute approximate surface area is 90.9 Å². The lowest BCUT2D eigenvalue weighted by Gasteiger charge is -2.09. The first-order valence-corrected chi connectivity index (χ1v) is 4.92. The van der Waals surface area contributed by atoms with Crippen molar-refractivity contribution in [3.63, 3.8) is 0 Å². The van der Waals surface area contributed by atoms with Crippen molar-refractivity contribution in [1.82, 2.24) is 5.48 Å². The van der Waals surface area contributed by atoms with Gasteiger partial charge >= 0.3 is 0 Å². The fourth-order valence-corrected chi connectivity index (χ4v) is 1.09. The second-order valence-corrected chi connectivity index (χ2v) is 3.60. The molecule has 1 amide bonds. The number of nitrogens with two attached hydrogens (primary N) is 1. The van der Waals surface area contributed by atoms with Gasteiger partial charge in [-0.3, -0.25) is 9.63 Å².